The lowest BCUT2D eigenvalue weighted by Gasteiger charge is -2.32. The highest BCUT2D eigenvalue weighted by atomic mass is 35.5. The molecular formula is C14H15ClN4O4S. The fourth-order valence-electron chi connectivity index (χ4n) is 2.74. The Bertz CT molecular complexity index is 925. The lowest BCUT2D eigenvalue weighted by molar-refractivity contribution is -0.142. The van der Waals surface area contributed by atoms with Gasteiger partial charge in [0.05, 0.1) is 18.0 Å². The summed E-state index contributed by atoms with van der Waals surface area (Å²) in [6.45, 7) is 3.08. The molecule has 0 bridgehead atoms. The van der Waals surface area contributed by atoms with Crippen LogP contribution in [0.5, 0.6) is 0 Å². The van der Waals surface area contributed by atoms with Gasteiger partial charge in [-0.2, -0.15) is 4.31 Å². The minimum atomic E-state index is -4.06. The molecule has 1 atom stereocenters. The molecule has 0 saturated carbocycles. The van der Waals surface area contributed by atoms with E-state index in [1.807, 2.05) is 0 Å². The Morgan fingerprint density at radius 2 is 2.04 bits per heavy atom. The van der Waals surface area contributed by atoms with Crippen molar-refractivity contribution in [2.45, 2.75) is 37.9 Å². The van der Waals surface area contributed by atoms with E-state index in [4.69, 9.17) is 11.6 Å². The SMILES string of the molecule is Cc1c(Cl)cccc1S(=O)(=O)N1Cc2nnc(C)n2CC1C(=O)O. The maximum absolute atomic E-state index is 13.0. The standard InChI is InChI=1S/C14H15ClN4O4S/c1-8-10(15)4-3-5-12(8)24(22,23)19-7-13-17-16-9(2)18(13)6-11(19)14(20)21/h3-5,11H,6-7H2,1-2H3,(H,20,21). The van der Waals surface area contributed by atoms with Crippen LogP contribution in [0.25, 0.3) is 0 Å². The molecule has 8 nitrogen and oxygen atoms in total. The summed E-state index contributed by atoms with van der Waals surface area (Å²) >= 11 is 6.02. The lowest BCUT2D eigenvalue weighted by atomic mass is 10.2. The number of hydrogen-bond acceptors (Lipinski definition) is 5. The Balaban J connectivity index is 2.12. The average molecular weight is 371 g/mol. The molecule has 3 rings (SSSR count). The Hall–Kier alpha value is -1.97. The summed E-state index contributed by atoms with van der Waals surface area (Å²) in [6.07, 6.45) is 0. The first kappa shape index (κ1) is 16.9. The fraction of sp³-hybridized carbons (Fsp3) is 0.357. The number of aromatic nitrogens is 3. The van der Waals surface area contributed by atoms with E-state index in [-0.39, 0.29) is 18.0 Å². The van der Waals surface area contributed by atoms with Gasteiger partial charge < -0.3 is 9.67 Å². The smallest absolute Gasteiger partial charge is 0.323 e. The molecule has 1 N–H and O–H groups in total. The third kappa shape index (κ3) is 2.58. The van der Waals surface area contributed by atoms with Crippen LogP contribution in [0.2, 0.25) is 5.02 Å². The summed E-state index contributed by atoms with van der Waals surface area (Å²) in [4.78, 5) is 11.6. The molecule has 0 spiro atoms. The van der Waals surface area contributed by atoms with Crippen molar-refractivity contribution < 1.29 is 18.3 Å². The normalized spacial score (nSPS) is 18.4. The van der Waals surface area contributed by atoms with Gasteiger partial charge in [-0.3, -0.25) is 4.79 Å². The monoisotopic (exact) mass is 370 g/mol. The van der Waals surface area contributed by atoms with Crippen LogP contribution in [-0.4, -0.2) is 44.6 Å². The number of halogens is 1. The lowest BCUT2D eigenvalue weighted by Crippen LogP contribution is -2.50. The molecule has 1 unspecified atom stereocenters. The van der Waals surface area contributed by atoms with Crippen LogP contribution in [0.4, 0.5) is 0 Å². The van der Waals surface area contributed by atoms with E-state index in [1.165, 1.54) is 12.1 Å². The minimum Gasteiger partial charge on any atom is -0.480 e. The summed E-state index contributed by atoms with van der Waals surface area (Å²) < 4.78 is 28.6. The molecule has 128 valence electrons. The van der Waals surface area contributed by atoms with Crippen LogP contribution in [-0.2, 0) is 27.9 Å². The number of carboxylic acids is 1. The van der Waals surface area contributed by atoms with Crippen molar-refractivity contribution in [3.63, 3.8) is 0 Å². The van der Waals surface area contributed by atoms with Crippen molar-refractivity contribution in [3.05, 3.63) is 40.4 Å². The highest BCUT2D eigenvalue weighted by Crippen LogP contribution is 2.30. The van der Waals surface area contributed by atoms with E-state index in [1.54, 1.807) is 24.5 Å². The first-order chi connectivity index (χ1) is 11.2. The molecule has 0 saturated heterocycles. The second-order valence-corrected chi connectivity index (χ2v) is 7.81. The zero-order valence-electron chi connectivity index (χ0n) is 13.0. The predicted octanol–water partition coefficient (Wildman–Crippen LogP) is 1.21. The molecule has 10 heteroatoms. The summed E-state index contributed by atoms with van der Waals surface area (Å²) in [5, 5.41) is 17.6. The summed E-state index contributed by atoms with van der Waals surface area (Å²) in [5.41, 5.74) is 0.381. The summed E-state index contributed by atoms with van der Waals surface area (Å²) in [7, 11) is -4.06. The quantitative estimate of drug-likeness (QED) is 0.870. The number of aryl methyl sites for hydroxylation is 1. The first-order valence-corrected chi connectivity index (χ1v) is 8.93. The van der Waals surface area contributed by atoms with Gasteiger partial charge in [0.25, 0.3) is 0 Å². The van der Waals surface area contributed by atoms with Gasteiger partial charge in [-0.15, -0.1) is 10.2 Å². The van der Waals surface area contributed by atoms with Crippen LogP contribution in [0.15, 0.2) is 23.1 Å². The Morgan fingerprint density at radius 1 is 1.33 bits per heavy atom. The molecule has 1 aromatic carbocycles. The molecule has 1 aromatic heterocycles. The number of carbonyl (C=O) groups is 1. The van der Waals surface area contributed by atoms with Gasteiger partial charge in [-0.25, -0.2) is 8.42 Å². The summed E-state index contributed by atoms with van der Waals surface area (Å²) in [5.74, 6) is -0.266. The third-order valence-corrected chi connectivity index (χ3v) is 6.51. The molecule has 0 aliphatic carbocycles. The number of fused-ring (bicyclic) bond motifs is 1. The zero-order chi connectivity index (χ0) is 17.6. The van der Waals surface area contributed by atoms with E-state index >= 15 is 0 Å². The van der Waals surface area contributed by atoms with Gasteiger partial charge >= 0.3 is 5.97 Å². The molecule has 24 heavy (non-hydrogen) atoms. The van der Waals surface area contributed by atoms with Crippen molar-refractivity contribution in [1.29, 1.82) is 0 Å². The Kier molecular flexibility index (Phi) is 4.10. The first-order valence-electron chi connectivity index (χ1n) is 7.12. The maximum atomic E-state index is 13.0. The third-order valence-electron chi connectivity index (χ3n) is 4.10. The molecule has 0 fully saturated rings. The van der Waals surface area contributed by atoms with Gasteiger partial charge in [0.15, 0.2) is 0 Å². The van der Waals surface area contributed by atoms with Gasteiger partial charge in [0.2, 0.25) is 10.0 Å². The second-order valence-electron chi connectivity index (χ2n) is 5.54. The molecule has 1 aliphatic rings. The van der Waals surface area contributed by atoms with Crippen LogP contribution in [0.1, 0.15) is 17.2 Å². The van der Waals surface area contributed by atoms with Crippen molar-refractivity contribution in [2.24, 2.45) is 0 Å². The largest absolute Gasteiger partial charge is 0.480 e. The van der Waals surface area contributed by atoms with E-state index in [0.717, 1.165) is 4.31 Å². The van der Waals surface area contributed by atoms with Crippen molar-refractivity contribution in [3.8, 4) is 0 Å². The second kappa shape index (κ2) is 5.83. The Morgan fingerprint density at radius 3 is 2.71 bits per heavy atom. The van der Waals surface area contributed by atoms with Crippen LogP contribution < -0.4 is 0 Å². The van der Waals surface area contributed by atoms with Crippen molar-refractivity contribution in [2.75, 3.05) is 0 Å². The van der Waals surface area contributed by atoms with Gasteiger partial charge in [-0.1, -0.05) is 17.7 Å². The number of hydrogen-bond donors (Lipinski definition) is 1. The number of carboxylic acid groups (broad SMARTS) is 1. The van der Waals surface area contributed by atoms with Crippen LogP contribution in [0, 0.1) is 13.8 Å². The predicted molar refractivity (Wildman–Crippen MR) is 85.1 cm³/mol. The number of benzene rings is 1. The van der Waals surface area contributed by atoms with E-state index in [9.17, 15) is 18.3 Å². The fourth-order valence-corrected chi connectivity index (χ4v) is 4.75. The number of nitrogens with zero attached hydrogens (tertiary/aromatic N) is 4. The molecule has 2 heterocycles. The van der Waals surface area contributed by atoms with Crippen molar-refractivity contribution >= 4 is 27.6 Å². The highest BCUT2D eigenvalue weighted by molar-refractivity contribution is 7.89. The average Bonchev–Trinajstić information content (AvgIpc) is 2.89. The van der Waals surface area contributed by atoms with E-state index in [2.05, 4.69) is 10.2 Å². The molecular weight excluding hydrogens is 356 g/mol. The number of sulfonamides is 1. The number of rotatable bonds is 3. The minimum absolute atomic E-state index is 0.00839. The van der Waals surface area contributed by atoms with Crippen LogP contribution in [0.3, 0.4) is 0 Å². The number of aliphatic carboxylic acids is 1. The van der Waals surface area contributed by atoms with E-state index in [0.29, 0.717) is 22.2 Å². The van der Waals surface area contributed by atoms with Crippen LogP contribution >= 0.6 is 11.6 Å². The van der Waals surface area contributed by atoms with E-state index < -0.39 is 22.0 Å². The van der Waals surface area contributed by atoms with Crippen molar-refractivity contribution in [1.82, 2.24) is 19.1 Å². The Labute approximate surface area is 143 Å². The summed E-state index contributed by atoms with van der Waals surface area (Å²) in [6, 6.07) is 3.28. The zero-order valence-corrected chi connectivity index (χ0v) is 14.5. The molecule has 1 aliphatic heterocycles. The molecule has 0 amide bonds. The maximum Gasteiger partial charge on any atom is 0.323 e. The molecule has 2 aromatic rings. The van der Waals surface area contributed by atoms with Gasteiger partial charge in [0.1, 0.15) is 17.7 Å². The van der Waals surface area contributed by atoms with Gasteiger partial charge in [0, 0.05) is 5.02 Å². The highest BCUT2D eigenvalue weighted by Gasteiger charge is 2.41. The topological polar surface area (TPSA) is 105 Å². The molecule has 0 radical (unpaired) electrons. The van der Waals surface area contributed by atoms with Gasteiger partial charge in [-0.05, 0) is 31.5 Å².